The Bertz CT molecular complexity index is 1140. The monoisotopic (exact) mass is 463 g/mol. The van der Waals surface area contributed by atoms with Gasteiger partial charge in [-0.2, -0.15) is 0 Å². The SMILES string of the molecule is O=C(CCNS(=O)(=O)c1ccc2c(c1)OCCCO2)NCc1coc(-c2cccs2)n1. The van der Waals surface area contributed by atoms with Gasteiger partial charge in [-0.3, -0.25) is 4.79 Å². The molecule has 164 valence electrons. The molecule has 1 amide bonds. The summed E-state index contributed by atoms with van der Waals surface area (Å²) in [5.41, 5.74) is 0.588. The molecule has 3 heterocycles. The van der Waals surface area contributed by atoms with Crippen LogP contribution in [0.25, 0.3) is 10.8 Å². The molecule has 3 aromatic rings. The van der Waals surface area contributed by atoms with Crippen LogP contribution in [-0.2, 0) is 21.4 Å². The number of fused-ring (bicyclic) bond motifs is 1. The molecule has 2 aromatic heterocycles. The Morgan fingerprint density at radius 1 is 1.16 bits per heavy atom. The summed E-state index contributed by atoms with van der Waals surface area (Å²) in [7, 11) is -3.78. The zero-order valence-electron chi connectivity index (χ0n) is 16.5. The molecule has 1 aromatic carbocycles. The standard InChI is InChI=1S/C20H21N3O6S2/c24-19(21-12-14-13-29-20(23-14)18-3-1-10-30-18)6-7-22-31(25,26)15-4-5-16-17(11-15)28-9-2-8-27-16/h1,3-5,10-11,13,22H,2,6-9,12H2,(H,21,24). The minimum Gasteiger partial charge on any atom is -0.490 e. The van der Waals surface area contributed by atoms with Gasteiger partial charge in [0.1, 0.15) is 6.26 Å². The number of ether oxygens (including phenoxy) is 2. The lowest BCUT2D eigenvalue weighted by atomic mass is 10.3. The number of carbonyl (C=O) groups excluding carboxylic acids is 1. The summed E-state index contributed by atoms with van der Waals surface area (Å²) in [5, 5.41) is 4.63. The second-order valence-electron chi connectivity index (χ2n) is 6.70. The molecule has 9 nitrogen and oxygen atoms in total. The zero-order chi connectivity index (χ0) is 21.7. The minimum absolute atomic E-state index is 0.0145. The maximum Gasteiger partial charge on any atom is 0.240 e. The Morgan fingerprint density at radius 2 is 2.00 bits per heavy atom. The summed E-state index contributed by atoms with van der Waals surface area (Å²) in [4.78, 5) is 17.3. The van der Waals surface area contributed by atoms with Crippen molar-refractivity contribution in [3.8, 4) is 22.3 Å². The van der Waals surface area contributed by atoms with Crippen LogP contribution in [0.15, 0.2) is 51.3 Å². The average molecular weight is 464 g/mol. The van der Waals surface area contributed by atoms with E-state index in [-0.39, 0.29) is 30.3 Å². The molecular formula is C20H21N3O6S2. The number of benzene rings is 1. The second kappa shape index (κ2) is 9.50. The van der Waals surface area contributed by atoms with Gasteiger partial charge in [0, 0.05) is 25.5 Å². The zero-order valence-corrected chi connectivity index (χ0v) is 18.1. The van der Waals surface area contributed by atoms with E-state index in [1.54, 1.807) is 6.07 Å². The van der Waals surface area contributed by atoms with Crippen LogP contribution in [-0.4, -0.2) is 39.1 Å². The van der Waals surface area contributed by atoms with E-state index in [0.717, 1.165) is 11.3 Å². The maximum atomic E-state index is 12.5. The number of amides is 1. The predicted octanol–water partition coefficient (Wildman–Crippen LogP) is 2.55. The Labute approximate surface area is 183 Å². The maximum absolute atomic E-state index is 12.5. The van der Waals surface area contributed by atoms with Crippen molar-refractivity contribution < 1.29 is 27.1 Å². The van der Waals surface area contributed by atoms with Gasteiger partial charge in [-0.25, -0.2) is 18.1 Å². The lowest BCUT2D eigenvalue weighted by molar-refractivity contribution is -0.121. The molecule has 1 aliphatic rings. The number of aromatic nitrogens is 1. The average Bonchev–Trinajstić information content (AvgIpc) is 3.39. The first-order valence-corrected chi connectivity index (χ1v) is 12.0. The number of thiophene rings is 1. The Balaban J connectivity index is 1.26. The highest BCUT2D eigenvalue weighted by Crippen LogP contribution is 2.31. The topological polar surface area (TPSA) is 120 Å². The molecule has 0 bridgehead atoms. The van der Waals surface area contributed by atoms with Gasteiger partial charge in [0.2, 0.25) is 21.8 Å². The molecule has 0 saturated carbocycles. The van der Waals surface area contributed by atoms with Gasteiger partial charge >= 0.3 is 0 Å². The van der Waals surface area contributed by atoms with E-state index in [9.17, 15) is 13.2 Å². The van der Waals surface area contributed by atoms with Gasteiger partial charge in [-0.15, -0.1) is 11.3 Å². The lowest BCUT2D eigenvalue weighted by Crippen LogP contribution is -2.30. The molecule has 11 heteroatoms. The van der Waals surface area contributed by atoms with Crippen molar-refractivity contribution in [1.82, 2.24) is 15.0 Å². The molecule has 0 saturated heterocycles. The normalized spacial score (nSPS) is 13.5. The fourth-order valence-electron chi connectivity index (χ4n) is 2.87. The highest BCUT2D eigenvalue weighted by molar-refractivity contribution is 7.89. The molecular weight excluding hydrogens is 442 g/mol. The Hall–Kier alpha value is -2.89. The highest BCUT2D eigenvalue weighted by atomic mass is 32.2. The number of hydrogen-bond acceptors (Lipinski definition) is 8. The van der Waals surface area contributed by atoms with Crippen LogP contribution in [0.2, 0.25) is 0 Å². The first-order valence-electron chi connectivity index (χ1n) is 9.65. The van der Waals surface area contributed by atoms with E-state index in [4.69, 9.17) is 13.9 Å². The second-order valence-corrected chi connectivity index (χ2v) is 9.42. The quantitative estimate of drug-likeness (QED) is 0.527. The third kappa shape index (κ3) is 5.43. The van der Waals surface area contributed by atoms with Gasteiger partial charge in [0.15, 0.2) is 11.5 Å². The molecule has 0 atom stereocenters. The van der Waals surface area contributed by atoms with Gasteiger partial charge in [0.05, 0.1) is 35.2 Å². The van der Waals surface area contributed by atoms with Crippen LogP contribution >= 0.6 is 11.3 Å². The van der Waals surface area contributed by atoms with Crippen molar-refractivity contribution in [3.63, 3.8) is 0 Å². The molecule has 31 heavy (non-hydrogen) atoms. The molecule has 0 unspecified atom stereocenters. The van der Waals surface area contributed by atoms with Crippen LogP contribution in [0.1, 0.15) is 18.5 Å². The van der Waals surface area contributed by atoms with Gasteiger partial charge < -0.3 is 19.2 Å². The number of rotatable bonds is 8. The van der Waals surface area contributed by atoms with Crippen LogP contribution in [0, 0.1) is 0 Å². The minimum atomic E-state index is -3.78. The van der Waals surface area contributed by atoms with Gasteiger partial charge in [-0.05, 0) is 23.6 Å². The van der Waals surface area contributed by atoms with Crippen molar-refractivity contribution in [3.05, 3.63) is 47.7 Å². The summed E-state index contributed by atoms with van der Waals surface area (Å²) in [6.45, 7) is 1.14. The van der Waals surface area contributed by atoms with Crippen molar-refractivity contribution in [2.45, 2.75) is 24.3 Å². The van der Waals surface area contributed by atoms with E-state index in [1.807, 2.05) is 17.5 Å². The van der Waals surface area contributed by atoms with E-state index in [2.05, 4.69) is 15.0 Å². The number of oxazole rings is 1. The van der Waals surface area contributed by atoms with Gasteiger partial charge in [-0.1, -0.05) is 6.07 Å². The van der Waals surface area contributed by atoms with E-state index >= 15 is 0 Å². The van der Waals surface area contributed by atoms with Crippen LogP contribution in [0.3, 0.4) is 0 Å². The summed E-state index contributed by atoms with van der Waals surface area (Å²) < 4.78 is 43.9. The van der Waals surface area contributed by atoms with Crippen LogP contribution in [0.5, 0.6) is 11.5 Å². The Kier molecular flexibility index (Phi) is 6.54. The number of carbonyl (C=O) groups is 1. The third-order valence-corrected chi connectivity index (χ3v) is 6.74. The van der Waals surface area contributed by atoms with Crippen molar-refractivity contribution >= 4 is 27.3 Å². The van der Waals surface area contributed by atoms with Crippen LogP contribution in [0.4, 0.5) is 0 Å². The highest BCUT2D eigenvalue weighted by Gasteiger charge is 2.19. The molecule has 0 radical (unpaired) electrons. The number of hydrogen-bond donors (Lipinski definition) is 2. The first kappa shape index (κ1) is 21.3. The summed E-state index contributed by atoms with van der Waals surface area (Å²) in [5.74, 6) is 1.11. The number of nitrogens with one attached hydrogen (secondary N) is 2. The van der Waals surface area contributed by atoms with Crippen molar-refractivity contribution in [2.24, 2.45) is 0 Å². The molecule has 4 rings (SSSR count). The molecule has 0 spiro atoms. The molecule has 0 aliphatic carbocycles. The van der Waals surface area contributed by atoms with E-state index in [1.165, 1.54) is 29.7 Å². The fourth-order valence-corrected chi connectivity index (χ4v) is 4.57. The molecule has 1 aliphatic heterocycles. The van der Waals surface area contributed by atoms with Crippen molar-refractivity contribution in [1.29, 1.82) is 0 Å². The predicted molar refractivity (Wildman–Crippen MR) is 114 cm³/mol. The molecule has 2 N–H and O–H groups in total. The molecule has 0 fully saturated rings. The Morgan fingerprint density at radius 3 is 2.81 bits per heavy atom. The summed E-state index contributed by atoms with van der Waals surface area (Å²) in [6, 6.07) is 8.25. The van der Waals surface area contributed by atoms with E-state index in [0.29, 0.717) is 36.3 Å². The lowest BCUT2D eigenvalue weighted by Gasteiger charge is -2.11. The first-order chi connectivity index (χ1) is 15.0. The third-order valence-electron chi connectivity index (χ3n) is 4.42. The smallest absolute Gasteiger partial charge is 0.240 e. The van der Waals surface area contributed by atoms with Crippen molar-refractivity contribution in [2.75, 3.05) is 19.8 Å². The van der Waals surface area contributed by atoms with Gasteiger partial charge in [0.25, 0.3) is 0 Å². The largest absolute Gasteiger partial charge is 0.490 e. The number of sulfonamides is 1. The van der Waals surface area contributed by atoms with Crippen LogP contribution < -0.4 is 19.5 Å². The number of nitrogens with zero attached hydrogens (tertiary/aromatic N) is 1. The van der Waals surface area contributed by atoms with E-state index < -0.39 is 10.0 Å². The summed E-state index contributed by atoms with van der Waals surface area (Å²) in [6.07, 6.45) is 2.20. The summed E-state index contributed by atoms with van der Waals surface area (Å²) >= 11 is 1.51. The fraction of sp³-hybridized carbons (Fsp3) is 0.300.